The van der Waals surface area contributed by atoms with E-state index in [1.54, 1.807) is 0 Å². The summed E-state index contributed by atoms with van der Waals surface area (Å²) in [5, 5.41) is 12.6. The van der Waals surface area contributed by atoms with Crippen molar-refractivity contribution in [2.24, 2.45) is 0 Å². The van der Waals surface area contributed by atoms with Crippen LogP contribution in [-0.4, -0.2) is 0 Å². The molecular formula is C50H32. The fourth-order valence-electron chi connectivity index (χ4n) is 8.25. The van der Waals surface area contributed by atoms with Crippen molar-refractivity contribution in [1.29, 1.82) is 0 Å². The predicted octanol–water partition coefficient (Wildman–Crippen LogP) is 14.1. The molecule has 0 heterocycles. The number of rotatable bonds is 4. The van der Waals surface area contributed by atoms with Gasteiger partial charge in [0.15, 0.2) is 0 Å². The zero-order valence-electron chi connectivity index (χ0n) is 27.5. The molecule has 0 radical (unpaired) electrons. The number of hydrogen-bond acceptors (Lipinski definition) is 0. The highest BCUT2D eigenvalue weighted by atomic mass is 14.2. The van der Waals surface area contributed by atoms with E-state index in [0.29, 0.717) is 0 Å². The van der Waals surface area contributed by atoms with Gasteiger partial charge < -0.3 is 0 Å². The fraction of sp³-hybridized carbons (Fsp3) is 0. The third kappa shape index (κ3) is 4.46. The second kappa shape index (κ2) is 11.6. The van der Waals surface area contributed by atoms with Gasteiger partial charge in [-0.15, -0.1) is 0 Å². The van der Waals surface area contributed by atoms with Crippen LogP contribution in [0.4, 0.5) is 0 Å². The summed E-state index contributed by atoms with van der Waals surface area (Å²) in [5.74, 6) is 0. The summed E-state index contributed by atoms with van der Waals surface area (Å²) in [6.07, 6.45) is 0. The van der Waals surface area contributed by atoms with E-state index >= 15 is 0 Å². The Balaban J connectivity index is 1.26. The molecular weight excluding hydrogens is 601 g/mol. The standard InChI is InChI=1S/C50H32/c1-2-15-34(16-3-1)38-26-12-18-35-19-13-27-42(48(35)38)41-30-31-47(40-21-7-6-20-39(40)41)50-45-24-10-8-22-43(45)49(44-23-9-11-25-46(44)50)37-29-28-33-14-4-5-17-36(33)32-37/h1-32H. The van der Waals surface area contributed by atoms with Crippen LogP contribution in [0.1, 0.15) is 0 Å². The Morgan fingerprint density at radius 1 is 0.220 bits per heavy atom. The Morgan fingerprint density at radius 3 is 1.40 bits per heavy atom. The molecule has 0 aliphatic rings. The van der Waals surface area contributed by atoms with Gasteiger partial charge in [-0.3, -0.25) is 0 Å². The van der Waals surface area contributed by atoms with Gasteiger partial charge in [0.05, 0.1) is 0 Å². The number of hydrogen-bond donors (Lipinski definition) is 0. The van der Waals surface area contributed by atoms with Gasteiger partial charge in [-0.1, -0.05) is 188 Å². The van der Waals surface area contributed by atoms with Crippen LogP contribution in [-0.2, 0) is 0 Å². The SMILES string of the molecule is c1ccc(-c2cccc3cccc(-c4ccc(-c5c6ccccc6c(-c6ccc7ccccc7c6)c6ccccc56)c5ccccc45)c23)cc1. The third-order valence-electron chi connectivity index (χ3n) is 10.4. The van der Waals surface area contributed by atoms with Crippen molar-refractivity contribution in [3.05, 3.63) is 194 Å². The minimum absolute atomic E-state index is 1.23. The van der Waals surface area contributed by atoms with Crippen LogP contribution in [0.25, 0.3) is 98.4 Å². The molecule has 0 aliphatic heterocycles. The maximum Gasteiger partial charge on any atom is -0.00201 e. The molecule has 0 nitrogen and oxygen atoms in total. The van der Waals surface area contributed by atoms with Gasteiger partial charge in [0.25, 0.3) is 0 Å². The maximum absolute atomic E-state index is 2.37. The van der Waals surface area contributed by atoms with Gasteiger partial charge in [0, 0.05) is 0 Å². The normalized spacial score (nSPS) is 11.6. The van der Waals surface area contributed by atoms with E-state index in [4.69, 9.17) is 0 Å². The van der Waals surface area contributed by atoms with Crippen LogP contribution >= 0.6 is 0 Å². The predicted molar refractivity (Wildman–Crippen MR) is 216 cm³/mol. The molecule has 10 rings (SSSR count). The Morgan fingerprint density at radius 2 is 0.720 bits per heavy atom. The quantitative estimate of drug-likeness (QED) is 0.169. The third-order valence-corrected chi connectivity index (χ3v) is 10.4. The van der Waals surface area contributed by atoms with E-state index < -0.39 is 0 Å². The molecule has 0 fully saturated rings. The molecule has 0 spiro atoms. The molecule has 0 aliphatic carbocycles. The van der Waals surface area contributed by atoms with Crippen LogP contribution in [0.15, 0.2) is 194 Å². The molecule has 0 heteroatoms. The smallest absolute Gasteiger partial charge is 0.00201 e. The van der Waals surface area contributed by atoms with Gasteiger partial charge in [-0.2, -0.15) is 0 Å². The largest absolute Gasteiger partial charge is 0.0622 e. The van der Waals surface area contributed by atoms with E-state index in [9.17, 15) is 0 Å². The molecule has 50 heavy (non-hydrogen) atoms. The lowest BCUT2D eigenvalue weighted by atomic mass is 9.83. The van der Waals surface area contributed by atoms with Crippen LogP contribution in [0, 0.1) is 0 Å². The monoisotopic (exact) mass is 632 g/mol. The second-order valence-corrected chi connectivity index (χ2v) is 13.2. The number of fused-ring (bicyclic) bond motifs is 5. The average molecular weight is 633 g/mol. The van der Waals surface area contributed by atoms with Crippen molar-refractivity contribution in [3.8, 4) is 44.5 Å². The molecule has 0 saturated heterocycles. The van der Waals surface area contributed by atoms with E-state index in [1.807, 2.05) is 0 Å². The van der Waals surface area contributed by atoms with Crippen molar-refractivity contribution < 1.29 is 0 Å². The molecule has 0 atom stereocenters. The van der Waals surface area contributed by atoms with Crippen LogP contribution in [0.5, 0.6) is 0 Å². The molecule has 0 unspecified atom stereocenters. The lowest BCUT2D eigenvalue weighted by molar-refractivity contribution is 1.64. The van der Waals surface area contributed by atoms with Crippen molar-refractivity contribution in [3.63, 3.8) is 0 Å². The summed E-state index contributed by atoms with van der Waals surface area (Å²) in [5.41, 5.74) is 10.1. The summed E-state index contributed by atoms with van der Waals surface area (Å²) in [6.45, 7) is 0. The Labute approximate surface area is 291 Å². The van der Waals surface area contributed by atoms with Crippen molar-refractivity contribution in [2.75, 3.05) is 0 Å². The molecule has 0 amide bonds. The lowest BCUT2D eigenvalue weighted by Gasteiger charge is -2.20. The fourth-order valence-corrected chi connectivity index (χ4v) is 8.25. The molecule has 0 N–H and O–H groups in total. The lowest BCUT2D eigenvalue weighted by Crippen LogP contribution is -1.93. The van der Waals surface area contributed by atoms with E-state index in [-0.39, 0.29) is 0 Å². The van der Waals surface area contributed by atoms with Crippen molar-refractivity contribution >= 4 is 53.9 Å². The molecule has 0 bridgehead atoms. The first kappa shape index (κ1) is 28.5. The van der Waals surface area contributed by atoms with E-state index in [0.717, 1.165) is 0 Å². The Bertz CT molecular complexity index is 2850. The first-order chi connectivity index (χ1) is 24.8. The van der Waals surface area contributed by atoms with Gasteiger partial charge in [0.1, 0.15) is 0 Å². The molecule has 10 aromatic rings. The summed E-state index contributed by atoms with van der Waals surface area (Å²) < 4.78 is 0. The van der Waals surface area contributed by atoms with Crippen molar-refractivity contribution in [2.45, 2.75) is 0 Å². The van der Waals surface area contributed by atoms with Crippen LogP contribution in [0.3, 0.4) is 0 Å². The number of benzene rings is 10. The average Bonchev–Trinajstić information content (AvgIpc) is 3.19. The topological polar surface area (TPSA) is 0 Å². The highest BCUT2D eigenvalue weighted by Gasteiger charge is 2.20. The van der Waals surface area contributed by atoms with Crippen molar-refractivity contribution in [1.82, 2.24) is 0 Å². The molecule has 0 saturated carbocycles. The van der Waals surface area contributed by atoms with Crippen LogP contribution in [0.2, 0.25) is 0 Å². The Hall–Kier alpha value is -6.50. The first-order valence-electron chi connectivity index (χ1n) is 17.4. The minimum atomic E-state index is 1.23. The maximum atomic E-state index is 2.37. The van der Waals surface area contributed by atoms with Gasteiger partial charge in [-0.05, 0) is 104 Å². The van der Waals surface area contributed by atoms with E-state index in [2.05, 4.69) is 194 Å². The van der Waals surface area contributed by atoms with Crippen LogP contribution < -0.4 is 0 Å². The summed E-state index contributed by atoms with van der Waals surface area (Å²) >= 11 is 0. The summed E-state index contributed by atoms with van der Waals surface area (Å²) in [7, 11) is 0. The zero-order chi connectivity index (χ0) is 33.0. The highest BCUT2D eigenvalue weighted by Crippen LogP contribution is 2.47. The molecule has 10 aromatic carbocycles. The summed E-state index contributed by atoms with van der Waals surface area (Å²) in [4.78, 5) is 0. The zero-order valence-corrected chi connectivity index (χ0v) is 27.5. The van der Waals surface area contributed by atoms with Gasteiger partial charge in [0.2, 0.25) is 0 Å². The van der Waals surface area contributed by atoms with Gasteiger partial charge in [-0.25, -0.2) is 0 Å². The Kier molecular flexibility index (Phi) is 6.60. The highest BCUT2D eigenvalue weighted by molar-refractivity contribution is 6.25. The summed E-state index contributed by atoms with van der Waals surface area (Å²) in [6, 6.07) is 71.3. The van der Waals surface area contributed by atoms with Gasteiger partial charge >= 0.3 is 0 Å². The molecule has 232 valence electrons. The minimum Gasteiger partial charge on any atom is -0.0622 e. The first-order valence-corrected chi connectivity index (χ1v) is 17.4. The van der Waals surface area contributed by atoms with E-state index in [1.165, 1.54) is 98.4 Å². The molecule has 0 aromatic heterocycles. The second-order valence-electron chi connectivity index (χ2n) is 13.2.